The topological polar surface area (TPSA) is 76.8 Å². The summed E-state index contributed by atoms with van der Waals surface area (Å²) < 4.78 is 5.93. The molecular formula is C21H18N4O. The van der Waals surface area contributed by atoms with Crippen LogP contribution in [0.4, 0.5) is 5.82 Å². The summed E-state index contributed by atoms with van der Waals surface area (Å²) in [4.78, 5) is 4.06. The highest BCUT2D eigenvalue weighted by Gasteiger charge is 2.15. The Morgan fingerprint density at radius 2 is 1.69 bits per heavy atom. The number of nitrogen functional groups attached to an aromatic ring is 1. The van der Waals surface area contributed by atoms with Crippen molar-refractivity contribution in [2.75, 3.05) is 5.73 Å². The molecular weight excluding hydrogens is 324 g/mol. The lowest BCUT2D eigenvalue weighted by Gasteiger charge is -2.09. The third-order valence-electron chi connectivity index (χ3n) is 4.13. The van der Waals surface area contributed by atoms with Gasteiger partial charge in [-0.2, -0.15) is 5.10 Å². The van der Waals surface area contributed by atoms with Gasteiger partial charge in [-0.3, -0.25) is 10.1 Å². The van der Waals surface area contributed by atoms with Gasteiger partial charge in [0, 0.05) is 18.0 Å². The molecule has 0 aliphatic heterocycles. The maximum Gasteiger partial charge on any atom is 0.153 e. The standard InChI is InChI=1S/C21H18N4O/c22-21-19(20(24-25-21)16-9-11-23-12-10-16)17-7-4-8-18(13-17)26-14-15-5-2-1-3-6-15/h1-13H,14H2,(H3,22,24,25). The number of nitrogens with two attached hydrogens (primary N) is 1. The fraction of sp³-hybridized carbons (Fsp3) is 0.0476. The normalized spacial score (nSPS) is 10.6. The Morgan fingerprint density at radius 3 is 2.50 bits per heavy atom. The van der Waals surface area contributed by atoms with Crippen molar-refractivity contribution in [3.8, 4) is 28.1 Å². The van der Waals surface area contributed by atoms with E-state index >= 15 is 0 Å². The number of pyridine rings is 1. The van der Waals surface area contributed by atoms with Crippen LogP contribution < -0.4 is 10.5 Å². The minimum Gasteiger partial charge on any atom is -0.489 e. The van der Waals surface area contributed by atoms with Crippen LogP contribution in [0.2, 0.25) is 0 Å². The average Bonchev–Trinajstić information content (AvgIpc) is 3.09. The average molecular weight is 342 g/mol. The summed E-state index contributed by atoms with van der Waals surface area (Å²) >= 11 is 0. The minimum atomic E-state index is 0.456. The van der Waals surface area contributed by atoms with Crippen molar-refractivity contribution in [3.05, 3.63) is 84.7 Å². The number of hydrogen-bond donors (Lipinski definition) is 2. The second kappa shape index (κ2) is 7.11. The van der Waals surface area contributed by atoms with Gasteiger partial charge in [-0.15, -0.1) is 0 Å². The van der Waals surface area contributed by atoms with Crippen molar-refractivity contribution in [2.24, 2.45) is 0 Å². The number of aromatic amines is 1. The van der Waals surface area contributed by atoms with E-state index in [0.717, 1.165) is 33.7 Å². The van der Waals surface area contributed by atoms with Crippen molar-refractivity contribution in [2.45, 2.75) is 6.61 Å². The molecule has 3 N–H and O–H groups in total. The van der Waals surface area contributed by atoms with Crippen LogP contribution in [0.5, 0.6) is 5.75 Å². The van der Waals surface area contributed by atoms with Gasteiger partial charge in [0.2, 0.25) is 0 Å². The number of benzene rings is 2. The summed E-state index contributed by atoms with van der Waals surface area (Å²) in [6.45, 7) is 0.516. The summed E-state index contributed by atoms with van der Waals surface area (Å²) in [7, 11) is 0. The summed E-state index contributed by atoms with van der Waals surface area (Å²) in [6, 6.07) is 21.8. The first-order chi connectivity index (χ1) is 12.8. The maximum absolute atomic E-state index is 6.13. The van der Waals surface area contributed by atoms with E-state index < -0.39 is 0 Å². The van der Waals surface area contributed by atoms with Crippen molar-refractivity contribution in [3.63, 3.8) is 0 Å². The largest absolute Gasteiger partial charge is 0.489 e. The summed E-state index contributed by atoms with van der Waals surface area (Å²) in [6.07, 6.45) is 3.49. The minimum absolute atomic E-state index is 0.456. The third-order valence-corrected chi connectivity index (χ3v) is 4.13. The van der Waals surface area contributed by atoms with Gasteiger partial charge in [0.15, 0.2) is 5.82 Å². The summed E-state index contributed by atoms with van der Waals surface area (Å²) in [5, 5.41) is 7.21. The van der Waals surface area contributed by atoms with Crippen LogP contribution in [0.1, 0.15) is 5.56 Å². The summed E-state index contributed by atoms with van der Waals surface area (Å²) in [5.41, 5.74) is 10.9. The second-order valence-electron chi connectivity index (χ2n) is 5.90. The molecule has 0 fully saturated rings. The van der Waals surface area contributed by atoms with Crippen LogP contribution in [0.25, 0.3) is 22.4 Å². The number of H-pyrrole nitrogens is 1. The highest BCUT2D eigenvalue weighted by Crippen LogP contribution is 2.35. The van der Waals surface area contributed by atoms with Crippen LogP contribution in [0.15, 0.2) is 79.1 Å². The predicted molar refractivity (Wildman–Crippen MR) is 102 cm³/mol. The van der Waals surface area contributed by atoms with Gasteiger partial charge >= 0.3 is 0 Å². The maximum atomic E-state index is 6.13. The lowest BCUT2D eigenvalue weighted by Crippen LogP contribution is -1.95. The Kier molecular flexibility index (Phi) is 4.35. The molecule has 4 rings (SSSR count). The molecule has 0 saturated carbocycles. The molecule has 2 aromatic carbocycles. The molecule has 0 spiro atoms. The van der Waals surface area contributed by atoms with E-state index in [0.29, 0.717) is 12.4 Å². The van der Waals surface area contributed by atoms with Crippen molar-refractivity contribution in [1.82, 2.24) is 15.2 Å². The number of aromatic nitrogens is 3. The SMILES string of the molecule is Nc1n[nH]c(-c2ccncc2)c1-c1cccc(OCc2ccccc2)c1. The molecule has 5 nitrogen and oxygen atoms in total. The van der Waals surface area contributed by atoms with E-state index in [1.54, 1.807) is 12.4 Å². The number of rotatable bonds is 5. The van der Waals surface area contributed by atoms with E-state index in [4.69, 9.17) is 10.5 Å². The zero-order valence-corrected chi connectivity index (χ0v) is 14.1. The number of ether oxygens (including phenoxy) is 1. The summed E-state index contributed by atoms with van der Waals surface area (Å²) in [5.74, 6) is 1.24. The van der Waals surface area contributed by atoms with Crippen LogP contribution in [0.3, 0.4) is 0 Å². The van der Waals surface area contributed by atoms with Gasteiger partial charge < -0.3 is 10.5 Å². The first kappa shape index (κ1) is 15.9. The van der Waals surface area contributed by atoms with Gasteiger partial charge in [0.05, 0.1) is 11.3 Å². The number of anilines is 1. The lowest BCUT2D eigenvalue weighted by molar-refractivity contribution is 0.306. The van der Waals surface area contributed by atoms with Gasteiger partial charge in [-0.1, -0.05) is 42.5 Å². The number of nitrogens with zero attached hydrogens (tertiary/aromatic N) is 2. The van der Waals surface area contributed by atoms with Crippen molar-refractivity contribution >= 4 is 5.82 Å². The van der Waals surface area contributed by atoms with E-state index in [1.807, 2.05) is 66.7 Å². The van der Waals surface area contributed by atoms with E-state index in [1.165, 1.54) is 0 Å². The van der Waals surface area contributed by atoms with E-state index in [-0.39, 0.29) is 0 Å². The van der Waals surface area contributed by atoms with Crippen molar-refractivity contribution < 1.29 is 4.74 Å². The molecule has 2 aromatic heterocycles. The second-order valence-corrected chi connectivity index (χ2v) is 5.90. The molecule has 0 aliphatic rings. The van der Waals surface area contributed by atoms with Gasteiger partial charge in [-0.05, 0) is 35.4 Å². The van der Waals surface area contributed by atoms with Crippen LogP contribution in [-0.2, 0) is 6.61 Å². The molecule has 5 heteroatoms. The van der Waals surface area contributed by atoms with Gasteiger partial charge in [-0.25, -0.2) is 0 Å². The van der Waals surface area contributed by atoms with E-state index in [2.05, 4.69) is 15.2 Å². The van der Waals surface area contributed by atoms with Crippen LogP contribution >= 0.6 is 0 Å². The fourth-order valence-electron chi connectivity index (χ4n) is 2.86. The Morgan fingerprint density at radius 1 is 0.885 bits per heavy atom. The molecule has 0 bridgehead atoms. The molecule has 0 saturated heterocycles. The highest BCUT2D eigenvalue weighted by atomic mass is 16.5. The molecule has 0 radical (unpaired) electrons. The Labute approximate surface area is 151 Å². The molecule has 0 unspecified atom stereocenters. The monoisotopic (exact) mass is 342 g/mol. The Bertz CT molecular complexity index is 997. The molecule has 26 heavy (non-hydrogen) atoms. The van der Waals surface area contributed by atoms with Gasteiger partial charge in [0.1, 0.15) is 12.4 Å². The lowest BCUT2D eigenvalue weighted by atomic mass is 10.0. The van der Waals surface area contributed by atoms with Crippen LogP contribution in [-0.4, -0.2) is 15.2 Å². The van der Waals surface area contributed by atoms with Gasteiger partial charge in [0.25, 0.3) is 0 Å². The quantitative estimate of drug-likeness (QED) is 0.567. The first-order valence-electron chi connectivity index (χ1n) is 8.32. The Hall–Kier alpha value is -3.60. The molecule has 0 amide bonds. The Balaban J connectivity index is 1.64. The van der Waals surface area contributed by atoms with Crippen LogP contribution in [0, 0.1) is 0 Å². The smallest absolute Gasteiger partial charge is 0.153 e. The predicted octanol–water partition coefficient (Wildman–Crippen LogP) is 4.30. The molecule has 2 heterocycles. The van der Waals surface area contributed by atoms with Crippen molar-refractivity contribution in [1.29, 1.82) is 0 Å². The zero-order chi connectivity index (χ0) is 17.8. The fourth-order valence-corrected chi connectivity index (χ4v) is 2.86. The molecule has 4 aromatic rings. The third kappa shape index (κ3) is 3.28. The zero-order valence-electron chi connectivity index (χ0n) is 14.1. The molecule has 0 aliphatic carbocycles. The van der Waals surface area contributed by atoms with E-state index in [9.17, 15) is 0 Å². The number of nitrogens with one attached hydrogen (secondary N) is 1. The number of hydrogen-bond acceptors (Lipinski definition) is 4. The molecule has 0 atom stereocenters. The highest BCUT2D eigenvalue weighted by molar-refractivity contribution is 5.88. The molecule has 128 valence electrons. The first-order valence-corrected chi connectivity index (χ1v) is 8.32.